The van der Waals surface area contributed by atoms with Crippen LogP contribution >= 0.6 is 0 Å². The van der Waals surface area contributed by atoms with Crippen molar-refractivity contribution in [2.75, 3.05) is 6.61 Å². The minimum absolute atomic E-state index is 0.173. The smallest absolute Gasteiger partial charge is 0.287 e. The van der Waals surface area contributed by atoms with Gasteiger partial charge in [-0.1, -0.05) is 60.7 Å². The fourth-order valence-corrected chi connectivity index (χ4v) is 2.88. The third-order valence-corrected chi connectivity index (χ3v) is 4.38. The molecule has 3 aromatic rings. The fourth-order valence-electron chi connectivity index (χ4n) is 2.88. The Morgan fingerprint density at radius 2 is 1.63 bits per heavy atom. The van der Waals surface area contributed by atoms with Gasteiger partial charge in [0.1, 0.15) is 11.3 Å². The molecule has 0 atom stereocenters. The van der Waals surface area contributed by atoms with E-state index >= 15 is 0 Å². The molecule has 1 N–H and O–H groups in total. The zero-order valence-corrected chi connectivity index (χ0v) is 15.9. The summed E-state index contributed by atoms with van der Waals surface area (Å²) in [5.41, 5.74) is 4.63. The van der Waals surface area contributed by atoms with Crippen LogP contribution in [0.1, 0.15) is 0 Å². The first kappa shape index (κ1) is 19.1. The fraction of sp³-hybridized carbons (Fsp3) is 0.0417. The van der Waals surface area contributed by atoms with Crippen LogP contribution in [0, 0.1) is 0 Å². The van der Waals surface area contributed by atoms with Crippen LogP contribution in [0.3, 0.4) is 0 Å². The lowest BCUT2D eigenvalue weighted by atomic mass is 10.1. The van der Waals surface area contributed by atoms with Crippen molar-refractivity contribution >= 4 is 23.8 Å². The van der Waals surface area contributed by atoms with Gasteiger partial charge in [-0.25, -0.2) is 10.4 Å². The van der Waals surface area contributed by atoms with E-state index < -0.39 is 11.8 Å². The van der Waals surface area contributed by atoms with Crippen LogP contribution in [0.5, 0.6) is 5.75 Å². The molecule has 0 aliphatic carbocycles. The first-order valence-electron chi connectivity index (χ1n) is 9.29. The minimum Gasteiger partial charge on any atom is -0.484 e. The molecule has 0 bridgehead atoms. The van der Waals surface area contributed by atoms with E-state index in [0.717, 1.165) is 16.3 Å². The molecular formula is C24H17N3O3. The van der Waals surface area contributed by atoms with Crippen molar-refractivity contribution in [2.45, 2.75) is 0 Å². The lowest BCUT2D eigenvalue weighted by molar-refractivity contribution is -0.123. The maximum Gasteiger partial charge on any atom is 0.287 e. The number of benzene rings is 3. The van der Waals surface area contributed by atoms with Crippen LogP contribution in [-0.2, 0) is 9.59 Å². The second-order valence-electron chi connectivity index (χ2n) is 6.47. The molecule has 1 aliphatic heterocycles. The molecule has 2 amide bonds. The topological polar surface area (TPSA) is 80.1 Å². The van der Waals surface area contributed by atoms with Crippen LogP contribution in [-0.4, -0.2) is 24.3 Å². The summed E-state index contributed by atoms with van der Waals surface area (Å²) in [5.74, 6) is 2.17. The second-order valence-corrected chi connectivity index (χ2v) is 6.47. The summed E-state index contributed by atoms with van der Waals surface area (Å²) in [4.78, 5) is 27.9. The van der Waals surface area contributed by atoms with Crippen LogP contribution in [0.4, 0.5) is 0 Å². The largest absolute Gasteiger partial charge is 0.484 e. The van der Waals surface area contributed by atoms with Crippen molar-refractivity contribution in [1.29, 1.82) is 0 Å². The molecule has 30 heavy (non-hydrogen) atoms. The number of carbonyl (C=O) groups is 2. The van der Waals surface area contributed by atoms with Gasteiger partial charge in [-0.15, -0.1) is 5.10 Å². The Hall–Kier alpha value is -4.28. The number of para-hydroxylation sites is 1. The summed E-state index contributed by atoms with van der Waals surface area (Å²) in [5, 5.41) is 5.10. The van der Waals surface area contributed by atoms with E-state index in [-0.39, 0.29) is 12.2 Å². The monoisotopic (exact) mass is 395 g/mol. The highest BCUT2D eigenvalue weighted by Crippen LogP contribution is 2.21. The maximum atomic E-state index is 12.0. The van der Waals surface area contributed by atoms with Crippen LogP contribution < -0.4 is 20.7 Å². The number of fused-ring (bicyclic) bond motifs is 1. The lowest BCUT2D eigenvalue weighted by Crippen LogP contribution is -2.30. The number of hydrogen-bond acceptors (Lipinski definition) is 4. The summed E-state index contributed by atoms with van der Waals surface area (Å²) < 4.78 is 5.47. The number of ether oxygens (including phenoxy) is 1. The molecule has 6 nitrogen and oxygen atoms in total. The molecule has 3 aromatic carbocycles. The summed E-state index contributed by atoms with van der Waals surface area (Å²) in [6, 6.07) is 24.7. The van der Waals surface area contributed by atoms with Crippen molar-refractivity contribution in [3.05, 3.63) is 95.0 Å². The Labute approximate surface area is 172 Å². The normalized spacial score (nSPS) is 12.0. The van der Waals surface area contributed by atoms with Gasteiger partial charge in [0.15, 0.2) is 6.61 Å². The molecule has 0 aromatic heterocycles. The highest BCUT2D eigenvalue weighted by molar-refractivity contribution is 6.10. The van der Waals surface area contributed by atoms with Crippen molar-refractivity contribution in [1.82, 2.24) is 5.43 Å². The number of hydrazone groups is 1. The Kier molecular flexibility index (Phi) is 5.60. The molecular weight excluding hydrogens is 378 g/mol. The van der Waals surface area contributed by atoms with Crippen LogP contribution in [0.25, 0.3) is 17.2 Å². The molecule has 0 spiro atoms. The number of amides is 2. The number of rotatable bonds is 5. The van der Waals surface area contributed by atoms with Gasteiger partial charge in [0.2, 0.25) is 0 Å². The van der Waals surface area contributed by atoms with Gasteiger partial charge in [-0.3, -0.25) is 9.59 Å². The Morgan fingerprint density at radius 1 is 0.933 bits per heavy atom. The molecule has 0 fully saturated rings. The average molecular weight is 395 g/mol. The van der Waals surface area contributed by atoms with Gasteiger partial charge in [0.25, 0.3) is 11.8 Å². The van der Waals surface area contributed by atoms with Crippen molar-refractivity contribution < 1.29 is 14.3 Å². The predicted octanol–water partition coefficient (Wildman–Crippen LogP) is 2.00. The third-order valence-electron chi connectivity index (χ3n) is 4.38. The summed E-state index contributed by atoms with van der Waals surface area (Å²) in [6.07, 6.45) is 1.63. The number of nitrogens with one attached hydrogen (secondary N) is 1. The molecule has 1 heterocycles. The van der Waals surface area contributed by atoms with Crippen molar-refractivity contribution in [3.8, 4) is 16.9 Å². The summed E-state index contributed by atoms with van der Waals surface area (Å²) >= 11 is 0. The SMILES string of the molecule is O=C(COc1ccc(-c2ccccc2)cc1)NN=C=C1C=c2ccccc2=NC1=O. The molecule has 0 radical (unpaired) electrons. The van der Waals surface area contributed by atoms with Gasteiger partial charge < -0.3 is 4.74 Å². The molecule has 4 rings (SSSR count). The Balaban J connectivity index is 1.35. The minimum atomic E-state index is -0.462. The predicted molar refractivity (Wildman–Crippen MR) is 113 cm³/mol. The first-order chi connectivity index (χ1) is 14.7. The molecule has 146 valence electrons. The van der Waals surface area contributed by atoms with E-state index in [0.29, 0.717) is 11.1 Å². The number of nitrogens with zero attached hydrogens (tertiary/aromatic N) is 2. The van der Waals surface area contributed by atoms with Crippen LogP contribution in [0.2, 0.25) is 0 Å². The van der Waals surface area contributed by atoms with Gasteiger partial charge >= 0.3 is 0 Å². The Bertz CT molecular complexity index is 1270. The first-order valence-corrected chi connectivity index (χ1v) is 9.29. The van der Waals surface area contributed by atoms with E-state index in [9.17, 15) is 9.59 Å². The quantitative estimate of drug-likeness (QED) is 0.408. The van der Waals surface area contributed by atoms with Gasteiger partial charge in [-0.05, 0) is 35.4 Å². The molecule has 0 saturated carbocycles. The highest BCUT2D eigenvalue weighted by Gasteiger charge is 2.09. The maximum absolute atomic E-state index is 12.0. The van der Waals surface area contributed by atoms with Gasteiger partial charge in [-0.2, -0.15) is 0 Å². The van der Waals surface area contributed by atoms with E-state index in [1.807, 2.05) is 60.7 Å². The van der Waals surface area contributed by atoms with Crippen molar-refractivity contribution in [2.24, 2.45) is 10.1 Å². The van der Waals surface area contributed by atoms with E-state index in [2.05, 4.69) is 21.4 Å². The van der Waals surface area contributed by atoms with Gasteiger partial charge in [0.05, 0.1) is 5.36 Å². The van der Waals surface area contributed by atoms with E-state index in [4.69, 9.17) is 4.74 Å². The zero-order valence-electron chi connectivity index (χ0n) is 15.9. The Morgan fingerprint density at radius 3 is 2.43 bits per heavy atom. The third kappa shape index (κ3) is 4.58. The summed E-state index contributed by atoms with van der Waals surface area (Å²) in [6.45, 7) is -0.212. The van der Waals surface area contributed by atoms with Crippen LogP contribution in [0.15, 0.2) is 94.5 Å². The van der Waals surface area contributed by atoms with Gasteiger partial charge in [0, 0.05) is 11.1 Å². The number of hydrogen-bond donors (Lipinski definition) is 1. The zero-order chi connectivity index (χ0) is 20.8. The lowest BCUT2D eigenvalue weighted by Gasteiger charge is -2.06. The molecule has 0 unspecified atom stereocenters. The van der Waals surface area contributed by atoms with E-state index in [1.54, 1.807) is 24.3 Å². The standard InChI is InChI=1S/C24H17N3O3/c28-23(16-30-21-12-10-18(11-13-21)17-6-2-1-3-7-17)27-25-15-20-14-19-8-4-5-9-22(19)26-24(20)29/h1-14H,16H2,(H,27,28). The number of carbonyl (C=O) groups excluding carboxylic acids is 2. The van der Waals surface area contributed by atoms with Crippen molar-refractivity contribution in [3.63, 3.8) is 0 Å². The molecule has 6 heteroatoms. The molecule has 0 saturated heterocycles. The summed E-state index contributed by atoms with van der Waals surface area (Å²) in [7, 11) is 0. The van der Waals surface area contributed by atoms with E-state index in [1.165, 1.54) is 0 Å². The highest BCUT2D eigenvalue weighted by atomic mass is 16.5. The second kappa shape index (κ2) is 8.82. The molecule has 1 aliphatic rings. The average Bonchev–Trinajstić information content (AvgIpc) is 2.79.